The molecule has 0 spiro atoms. The molecule has 196 valence electrons. The molecule has 37 heavy (non-hydrogen) atoms. The summed E-state index contributed by atoms with van der Waals surface area (Å²) in [5.74, 6) is 0.684. The minimum Gasteiger partial charge on any atom is -0.383 e. The molecule has 0 unspecified atom stereocenters. The Hall–Kier alpha value is -3.46. The van der Waals surface area contributed by atoms with E-state index in [4.69, 9.17) is 10.7 Å². The van der Waals surface area contributed by atoms with Crippen LogP contribution in [0.4, 0.5) is 11.5 Å². The maximum absolute atomic E-state index is 13.4. The number of pyridine rings is 1. The van der Waals surface area contributed by atoms with Gasteiger partial charge >= 0.3 is 11.8 Å². The number of hydrogen-bond acceptors (Lipinski definition) is 6. The Balaban J connectivity index is 1.40. The van der Waals surface area contributed by atoms with Crippen LogP contribution in [-0.2, 0) is 29.1 Å². The third-order valence-corrected chi connectivity index (χ3v) is 7.82. The highest BCUT2D eigenvalue weighted by molar-refractivity contribution is 6.39. The van der Waals surface area contributed by atoms with Crippen LogP contribution >= 0.6 is 0 Å². The van der Waals surface area contributed by atoms with Crippen molar-refractivity contribution >= 4 is 34.4 Å². The summed E-state index contributed by atoms with van der Waals surface area (Å²) in [6.45, 7) is 10.7. The van der Waals surface area contributed by atoms with Gasteiger partial charge in [-0.2, -0.15) is 0 Å². The molecule has 4 heterocycles. The highest BCUT2D eigenvalue weighted by Crippen LogP contribution is 2.35. The third-order valence-electron chi connectivity index (χ3n) is 7.82. The van der Waals surface area contributed by atoms with Crippen molar-refractivity contribution in [2.75, 3.05) is 30.7 Å². The van der Waals surface area contributed by atoms with Crippen molar-refractivity contribution in [1.29, 1.82) is 0 Å². The van der Waals surface area contributed by atoms with Gasteiger partial charge in [-0.1, -0.05) is 26.8 Å². The van der Waals surface area contributed by atoms with Crippen LogP contribution in [0.25, 0.3) is 11.0 Å². The number of aryl methyl sites for hydroxylation is 2. The fourth-order valence-electron chi connectivity index (χ4n) is 5.69. The second-order valence-electron chi connectivity index (χ2n) is 10.4. The van der Waals surface area contributed by atoms with Crippen molar-refractivity contribution in [2.24, 2.45) is 5.92 Å². The molecule has 2 aliphatic rings. The van der Waals surface area contributed by atoms with Crippen molar-refractivity contribution in [2.45, 2.75) is 65.6 Å². The van der Waals surface area contributed by atoms with Crippen molar-refractivity contribution in [3.8, 4) is 0 Å². The number of nitrogens with zero attached hydrogens (tertiary/aromatic N) is 5. The minimum absolute atomic E-state index is 0.164. The Morgan fingerprint density at radius 2 is 2.00 bits per heavy atom. The Labute approximate surface area is 218 Å². The van der Waals surface area contributed by atoms with Crippen LogP contribution in [0.1, 0.15) is 63.0 Å². The molecule has 0 bridgehead atoms. The van der Waals surface area contributed by atoms with E-state index in [1.807, 2.05) is 6.92 Å². The number of piperidine rings is 1. The second-order valence-corrected chi connectivity index (χ2v) is 10.4. The fourth-order valence-corrected chi connectivity index (χ4v) is 5.69. The number of imidazole rings is 1. The van der Waals surface area contributed by atoms with Gasteiger partial charge < -0.3 is 20.5 Å². The normalized spacial score (nSPS) is 20.5. The van der Waals surface area contributed by atoms with E-state index in [-0.39, 0.29) is 6.04 Å². The van der Waals surface area contributed by atoms with Crippen LogP contribution in [0, 0.1) is 5.92 Å². The highest BCUT2D eigenvalue weighted by Gasteiger charge is 2.34. The molecule has 3 N–H and O–H groups in total. The average Bonchev–Trinajstić information content (AvgIpc) is 3.10. The molecule has 5 rings (SSSR count). The number of benzene rings is 1. The maximum atomic E-state index is 13.4. The van der Waals surface area contributed by atoms with Gasteiger partial charge in [0, 0.05) is 19.6 Å². The lowest BCUT2D eigenvalue weighted by atomic mass is 9.89. The summed E-state index contributed by atoms with van der Waals surface area (Å²) in [7, 11) is 0. The summed E-state index contributed by atoms with van der Waals surface area (Å²) in [6, 6.07) is 7.97. The molecule has 0 aliphatic carbocycles. The van der Waals surface area contributed by atoms with Crippen LogP contribution in [-0.4, -0.2) is 55.8 Å². The molecule has 1 fully saturated rings. The van der Waals surface area contributed by atoms with Gasteiger partial charge in [0.15, 0.2) is 0 Å². The number of rotatable bonds is 4. The van der Waals surface area contributed by atoms with Crippen molar-refractivity contribution < 1.29 is 9.59 Å². The lowest BCUT2D eigenvalue weighted by molar-refractivity contribution is -0.146. The van der Waals surface area contributed by atoms with Gasteiger partial charge in [-0.15, -0.1) is 0 Å². The quantitative estimate of drug-likeness (QED) is 0.525. The molecule has 2 atom stereocenters. The molecule has 9 heteroatoms. The summed E-state index contributed by atoms with van der Waals surface area (Å²) >= 11 is 0. The number of fused-ring (bicyclic) bond motifs is 3. The van der Waals surface area contributed by atoms with Crippen molar-refractivity contribution in [1.82, 2.24) is 24.3 Å². The van der Waals surface area contributed by atoms with Crippen LogP contribution < -0.4 is 11.1 Å². The van der Waals surface area contributed by atoms with Gasteiger partial charge in [0.05, 0.1) is 35.5 Å². The van der Waals surface area contributed by atoms with Gasteiger partial charge in [0.1, 0.15) is 11.6 Å². The third kappa shape index (κ3) is 5.05. The molecule has 9 nitrogen and oxygen atoms in total. The second kappa shape index (κ2) is 10.5. The first-order chi connectivity index (χ1) is 17.9. The van der Waals surface area contributed by atoms with Gasteiger partial charge in [0.25, 0.3) is 0 Å². The van der Waals surface area contributed by atoms with Crippen molar-refractivity contribution in [3.63, 3.8) is 0 Å². The van der Waals surface area contributed by atoms with E-state index < -0.39 is 11.8 Å². The molecule has 2 amide bonds. The van der Waals surface area contributed by atoms with Gasteiger partial charge in [-0.3, -0.25) is 14.5 Å². The zero-order valence-electron chi connectivity index (χ0n) is 22.0. The molecular weight excluding hydrogens is 466 g/mol. The van der Waals surface area contributed by atoms with E-state index in [0.29, 0.717) is 30.4 Å². The summed E-state index contributed by atoms with van der Waals surface area (Å²) in [4.78, 5) is 39.8. The fraction of sp³-hybridized carbons (Fsp3) is 0.500. The summed E-state index contributed by atoms with van der Waals surface area (Å²) in [5.41, 5.74) is 10.3. The lowest BCUT2D eigenvalue weighted by Crippen LogP contribution is -2.46. The number of carbonyl (C=O) groups excluding carboxylic acids is 2. The van der Waals surface area contributed by atoms with Gasteiger partial charge in [-0.25, -0.2) is 9.97 Å². The molecular formula is C28H37N7O2. The zero-order valence-corrected chi connectivity index (χ0v) is 22.0. The number of likely N-dealkylation sites (tertiary alicyclic amines) is 1. The van der Waals surface area contributed by atoms with Gasteiger partial charge in [0.2, 0.25) is 0 Å². The van der Waals surface area contributed by atoms with Crippen LogP contribution in [0.3, 0.4) is 0 Å². The highest BCUT2D eigenvalue weighted by atomic mass is 16.2. The number of nitrogens with one attached hydrogen (secondary N) is 1. The molecule has 0 saturated carbocycles. The number of nitrogen functional groups attached to an aromatic ring is 1. The first kappa shape index (κ1) is 25.2. The Kier molecular flexibility index (Phi) is 7.15. The Morgan fingerprint density at radius 1 is 1.16 bits per heavy atom. The molecule has 0 radical (unpaired) electrons. The number of carbonyl (C=O) groups is 2. The van der Waals surface area contributed by atoms with Crippen molar-refractivity contribution in [3.05, 3.63) is 47.4 Å². The smallest absolute Gasteiger partial charge is 0.313 e. The number of anilines is 2. The van der Waals surface area contributed by atoms with E-state index in [0.717, 1.165) is 73.4 Å². The molecule has 1 saturated heterocycles. The largest absolute Gasteiger partial charge is 0.383 e. The molecule has 3 aromatic rings. The number of aromatic nitrogens is 3. The standard InChI is InChI=1S/C28H37N7O2/c1-4-19-13-21(15-30-26(19)29)31-27(36)28(37)35-16-18(3)7-9-23(35)20-8-10-24-22(14-20)32-25-17-33(5-2)11-6-12-34(24)25/h8,10,13-15,18,23H,4-7,9,11-12,16-17H2,1-3H3,(H2,29,30)(H,31,36)/t18-,23+/m0/s1. The topological polar surface area (TPSA) is 109 Å². The van der Waals surface area contributed by atoms with Crippen LogP contribution in [0.15, 0.2) is 30.5 Å². The maximum Gasteiger partial charge on any atom is 0.313 e. The molecule has 2 aliphatic heterocycles. The zero-order chi connectivity index (χ0) is 26.1. The lowest BCUT2D eigenvalue weighted by Gasteiger charge is -2.38. The van der Waals surface area contributed by atoms with Crippen LogP contribution in [0.2, 0.25) is 0 Å². The summed E-state index contributed by atoms with van der Waals surface area (Å²) in [5, 5.41) is 2.74. The molecule has 1 aromatic carbocycles. The van der Waals surface area contributed by atoms with E-state index in [1.54, 1.807) is 11.0 Å². The first-order valence-corrected chi connectivity index (χ1v) is 13.5. The van der Waals surface area contributed by atoms with Crippen LogP contribution in [0.5, 0.6) is 0 Å². The number of nitrogens with two attached hydrogens (primary N) is 1. The summed E-state index contributed by atoms with van der Waals surface area (Å²) in [6.07, 6.45) is 5.10. The first-order valence-electron chi connectivity index (χ1n) is 13.5. The predicted octanol–water partition coefficient (Wildman–Crippen LogP) is 3.74. The number of hydrogen-bond donors (Lipinski definition) is 2. The minimum atomic E-state index is -0.651. The monoisotopic (exact) mass is 503 g/mol. The van der Waals surface area contributed by atoms with E-state index in [2.05, 4.69) is 51.8 Å². The predicted molar refractivity (Wildman–Crippen MR) is 145 cm³/mol. The Morgan fingerprint density at radius 3 is 2.78 bits per heavy atom. The van der Waals surface area contributed by atoms with E-state index in [1.165, 1.54) is 6.20 Å². The van der Waals surface area contributed by atoms with E-state index in [9.17, 15) is 9.59 Å². The number of amides is 2. The van der Waals surface area contributed by atoms with Gasteiger partial charge in [-0.05, 0) is 67.5 Å². The molecule has 2 aromatic heterocycles. The van der Waals surface area contributed by atoms with E-state index >= 15 is 0 Å². The summed E-state index contributed by atoms with van der Waals surface area (Å²) < 4.78 is 2.33. The average molecular weight is 504 g/mol. The SMILES string of the molecule is CCc1cc(NC(=O)C(=O)N2C[C@@H](C)CC[C@@H]2c2ccc3c(c2)nc2n3CCCN(CC)C2)cnc1N. The Bertz CT molecular complexity index is 1320.